The first-order chi connectivity index (χ1) is 12.0. The minimum atomic E-state index is -3.54. The Bertz CT molecular complexity index is 841. The van der Waals surface area contributed by atoms with Crippen LogP contribution in [0.5, 0.6) is 0 Å². The number of rotatable bonds is 5. The molecule has 6 heteroatoms. The molecular formula is C19H25N3O2S. The maximum atomic E-state index is 12.4. The van der Waals surface area contributed by atoms with Crippen molar-refractivity contribution in [3.05, 3.63) is 58.3 Å². The highest BCUT2D eigenvalue weighted by molar-refractivity contribution is 7.92. The van der Waals surface area contributed by atoms with Gasteiger partial charge in [0.25, 0.3) is 0 Å². The number of benzene rings is 1. The van der Waals surface area contributed by atoms with Gasteiger partial charge in [-0.1, -0.05) is 43.7 Å². The summed E-state index contributed by atoms with van der Waals surface area (Å²) in [4.78, 5) is 0. The van der Waals surface area contributed by atoms with Crippen LogP contribution in [0, 0.1) is 0 Å². The highest BCUT2D eigenvalue weighted by Gasteiger charge is 2.20. The van der Waals surface area contributed by atoms with Crippen molar-refractivity contribution in [2.24, 2.45) is 0 Å². The number of aromatic nitrogens is 2. The van der Waals surface area contributed by atoms with Crippen molar-refractivity contribution < 1.29 is 8.42 Å². The average Bonchev–Trinajstić information content (AvgIpc) is 2.91. The summed E-state index contributed by atoms with van der Waals surface area (Å²) in [6.07, 6.45) is 6.01. The summed E-state index contributed by atoms with van der Waals surface area (Å²) in [5.74, 6) is 0.444. The molecule has 2 atom stereocenters. The van der Waals surface area contributed by atoms with Gasteiger partial charge in [0.05, 0.1) is 5.69 Å². The van der Waals surface area contributed by atoms with Gasteiger partial charge in [0.1, 0.15) is 0 Å². The van der Waals surface area contributed by atoms with Crippen molar-refractivity contribution in [2.45, 2.75) is 51.5 Å². The van der Waals surface area contributed by atoms with E-state index in [1.165, 1.54) is 11.8 Å². The number of fused-ring (bicyclic) bond motifs is 1. The lowest BCUT2D eigenvalue weighted by molar-refractivity contribution is 0.576. The van der Waals surface area contributed by atoms with Crippen molar-refractivity contribution in [3.8, 4) is 0 Å². The van der Waals surface area contributed by atoms with E-state index in [0.29, 0.717) is 5.92 Å². The topological polar surface area (TPSA) is 74.8 Å². The normalized spacial score (nSPS) is 19.5. The Morgan fingerprint density at radius 1 is 1.28 bits per heavy atom. The predicted octanol–water partition coefficient (Wildman–Crippen LogP) is 3.89. The molecular weight excluding hydrogens is 334 g/mol. The molecule has 0 aliphatic heterocycles. The van der Waals surface area contributed by atoms with E-state index in [1.807, 2.05) is 37.3 Å². The molecule has 25 heavy (non-hydrogen) atoms. The van der Waals surface area contributed by atoms with Crippen molar-refractivity contribution in [1.29, 1.82) is 0 Å². The minimum Gasteiger partial charge on any atom is -0.281 e. The molecule has 0 spiro atoms. The van der Waals surface area contributed by atoms with Gasteiger partial charge in [0.2, 0.25) is 10.0 Å². The molecule has 0 bridgehead atoms. The van der Waals surface area contributed by atoms with Crippen molar-refractivity contribution in [1.82, 2.24) is 14.9 Å². The minimum absolute atomic E-state index is 0.285. The fourth-order valence-electron chi connectivity index (χ4n) is 3.35. The number of nitrogens with one attached hydrogen (secondary N) is 2. The van der Waals surface area contributed by atoms with Gasteiger partial charge in [-0.2, -0.15) is 5.10 Å². The molecule has 1 aliphatic rings. The van der Waals surface area contributed by atoms with Crippen LogP contribution < -0.4 is 4.72 Å². The molecule has 2 N–H and O–H groups in total. The monoisotopic (exact) mass is 359 g/mol. The third-order valence-electron chi connectivity index (χ3n) is 4.78. The molecule has 1 aromatic carbocycles. The predicted molar refractivity (Wildman–Crippen MR) is 101 cm³/mol. The number of hydrogen-bond acceptors (Lipinski definition) is 3. The highest BCUT2D eigenvalue weighted by Crippen LogP contribution is 2.30. The van der Waals surface area contributed by atoms with Gasteiger partial charge >= 0.3 is 0 Å². The molecule has 5 nitrogen and oxygen atoms in total. The van der Waals surface area contributed by atoms with E-state index in [1.54, 1.807) is 6.08 Å². The Kier molecular flexibility index (Phi) is 5.39. The Balaban J connectivity index is 1.75. The van der Waals surface area contributed by atoms with Gasteiger partial charge in [0.15, 0.2) is 0 Å². The van der Waals surface area contributed by atoms with E-state index in [2.05, 4.69) is 21.8 Å². The van der Waals surface area contributed by atoms with Crippen LogP contribution in [0.4, 0.5) is 0 Å². The van der Waals surface area contributed by atoms with Crippen LogP contribution in [0.1, 0.15) is 67.6 Å². The fourth-order valence-corrected chi connectivity index (χ4v) is 4.36. The fraction of sp³-hybridized carbons (Fsp3) is 0.421. The van der Waals surface area contributed by atoms with Crippen molar-refractivity contribution in [3.63, 3.8) is 0 Å². The van der Waals surface area contributed by atoms with Crippen LogP contribution in [-0.4, -0.2) is 18.6 Å². The molecule has 1 aromatic heterocycles. The molecule has 134 valence electrons. The number of H-pyrrole nitrogens is 1. The number of nitrogens with zero attached hydrogens (tertiary/aromatic N) is 1. The lowest BCUT2D eigenvalue weighted by Crippen LogP contribution is -2.24. The third-order valence-corrected chi connectivity index (χ3v) is 5.96. The van der Waals surface area contributed by atoms with Crippen LogP contribution in [-0.2, 0) is 16.4 Å². The lowest BCUT2D eigenvalue weighted by atomic mass is 10.0. The second-order valence-electron chi connectivity index (χ2n) is 6.75. The van der Waals surface area contributed by atoms with E-state index in [4.69, 9.17) is 0 Å². The van der Waals surface area contributed by atoms with Gasteiger partial charge in [-0.15, -0.1) is 0 Å². The van der Waals surface area contributed by atoms with Crippen LogP contribution in [0.25, 0.3) is 6.08 Å². The second-order valence-corrected chi connectivity index (χ2v) is 8.34. The zero-order valence-electron chi connectivity index (χ0n) is 14.7. The SMILES string of the molecule is C[C@@H]1CCCCc2c(/C=C/S(=O)(=O)N[C@@H](C)c3ccccc3)n[nH]c21. The molecule has 0 radical (unpaired) electrons. The Morgan fingerprint density at radius 3 is 2.80 bits per heavy atom. The van der Waals surface area contributed by atoms with Crippen LogP contribution >= 0.6 is 0 Å². The van der Waals surface area contributed by atoms with Gasteiger partial charge in [-0.05, 0) is 43.7 Å². The van der Waals surface area contributed by atoms with E-state index >= 15 is 0 Å². The number of hydrogen-bond donors (Lipinski definition) is 2. The molecule has 0 fully saturated rings. The summed E-state index contributed by atoms with van der Waals surface area (Å²) < 4.78 is 27.4. The van der Waals surface area contributed by atoms with Gasteiger partial charge in [-0.25, -0.2) is 13.1 Å². The van der Waals surface area contributed by atoms with Crippen molar-refractivity contribution >= 4 is 16.1 Å². The summed E-state index contributed by atoms with van der Waals surface area (Å²) in [5.41, 5.74) is 3.98. The molecule has 1 aliphatic carbocycles. The Morgan fingerprint density at radius 2 is 2.04 bits per heavy atom. The second kappa shape index (κ2) is 7.54. The maximum absolute atomic E-state index is 12.4. The van der Waals surface area contributed by atoms with Gasteiger partial charge < -0.3 is 0 Å². The van der Waals surface area contributed by atoms with E-state index < -0.39 is 10.0 Å². The van der Waals surface area contributed by atoms with E-state index in [9.17, 15) is 8.42 Å². The maximum Gasteiger partial charge on any atom is 0.234 e. The molecule has 2 aromatic rings. The van der Waals surface area contributed by atoms with Crippen LogP contribution in [0.2, 0.25) is 0 Å². The summed E-state index contributed by atoms with van der Waals surface area (Å²) in [6.45, 7) is 4.03. The summed E-state index contributed by atoms with van der Waals surface area (Å²) in [6, 6.07) is 9.24. The first-order valence-electron chi connectivity index (χ1n) is 8.79. The highest BCUT2D eigenvalue weighted by atomic mass is 32.2. The summed E-state index contributed by atoms with van der Waals surface area (Å²) >= 11 is 0. The smallest absolute Gasteiger partial charge is 0.234 e. The van der Waals surface area contributed by atoms with Crippen LogP contribution in [0.3, 0.4) is 0 Å². The summed E-state index contributed by atoms with van der Waals surface area (Å²) in [5, 5.41) is 8.65. The van der Waals surface area contributed by atoms with Gasteiger partial charge in [-0.3, -0.25) is 5.10 Å². The first kappa shape index (κ1) is 17.9. The average molecular weight is 359 g/mol. The lowest BCUT2D eigenvalue weighted by Gasteiger charge is -2.12. The first-order valence-corrected chi connectivity index (χ1v) is 10.3. The molecule has 0 saturated heterocycles. The van der Waals surface area contributed by atoms with Gasteiger partial charge in [0, 0.05) is 22.7 Å². The Hall–Kier alpha value is -1.92. The zero-order chi connectivity index (χ0) is 17.9. The van der Waals surface area contributed by atoms with E-state index in [0.717, 1.165) is 41.8 Å². The molecule has 3 rings (SSSR count). The quantitative estimate of drug-likeness (QED) is 0.795. The third kappa shape index (κ3) is 4.38. The molecule has 0 saturated carbocycles. The summed E-state index contributed by atoms with van der Waals surface area (Å²) in [7, 11) is -3.54. The van der Waals surface area contributed by atoms with Crippen molar-refractivity contribution in [2.75, 3.05) is 0 Å². The zero-order valence-corrected chi connectivity index (χ0v) is 15.5. The molecule has 0 amide bonds. The molecule has 1 heterocycles. The van der Waals surface area contributed by atoms with E-state index in [-0.39, 0.29) is 6.04 Å². The Labute approximate surface area is 149 Å². The standard InChI is InChI=1S/C19H25N3O2S/c1-14-8-6-7-11-17-18(20-21-19(14)17)12-13-25(23,24)22-15(2)16-9-4-3-5-10-16/h3-5,9-10,12-15,22H,6-8,11H2,1-2H3,(H,20,21)/b13-12+/t14-,15+/m1/s1. The number of sulfonamides is 1. The largest absolute Gasteiger partial charge is 0.281 e. The van der Waals surface area contributed by atoms with Crippen LogP contribution in [0.15, 0.2) is 35.7 Å². The molecule has 0 unspecified atom stereocenters. The number of aromatic amines is 1.